The van der Waals surface area contributed by atoms with E-state index in [0.29, 0.717) is 5.41 Å². The first-order valence-corrected chi connectivity index (χ1v) is 7.04. The Labute approximate surface area is 106 Å². The van der Waals surface area contributed by atoms with Gasteiger partial charge in [-0.1, -0.05) is 0 Å². The van der Waals surface area contributed by atoms with Crippen molar-refractivity contribution in [1.29, 1.82) is 0 Å². The lowest BCUT2D eigenvalue weighted by molar-refractivity contribution is 0.0371. The van der Waals surface area contributed by atoms with Crippen molar-refractivity contribution in [1.82, 2.24) is 9.97 Å². The van der Waals surface area contributed by atoms with Crippen LogP contribution in [-0.2, 0) is 4.74 Å². The number of rotatable bonds is 4. The average Bonchev–Trinajstić information content (AvgIpc) is 2.39. The van der Waals surface area contributed by atoms with Crippen LogP contribution < -0.4 is 0 Å². The topological polar surface area (TPSA) is 35.0 Å². The molecule has 1 saturated heterocycles. The number of aromatic nitrogens is 2. The molecule has 0 unspecified atom stereocenters. The highest BCUT2D eigenvalue weighted by atomic mass is 32.2. The molecule has 0 N–H and O–H groups in total. The molecule has 0 spiro atoms. The zero-order chi connectivity index (χ0) is 11.3. The molecule has 0 saturated carbocycles. The Bertz CT molecular complexity index is 315. The third-order valence-electron chi connectivity index (χ3n) is 2.97. The van der Waals surface area contributed by atoms with E-state index >= 15 is 0 Å². The number of thiol groups is 1. The SMILES string of the molecule is SCC1(CSc2ccncn2)CCOCC1. The minimum atomic E-state index is 0.316. The molecule has 1 aromatic rings. The monoisotopic (exact) mass is 256 g/mol. The van der Waals surface area contributed by atoms with E-state index in [-0.39, 0.29) is 0 Å². The van der Waals surface area contributed by atoms with Crippen LogP contribution in [-0.4, -0.2) is 34.7 Å². The van der Waals surface area contributed by atoms with Gasteiger partial charge in [-0.25, -0.2) is 9.97 Å². The molecule has 1 aromatic heterocycles. The van der Waals surface area contributed by atoms with Gasteiger partial charge in [0, 0.05) is 25.2 Å². The van der Waals surface area contributed by atoms with Crippen LogP contribution >= 0.6 is 24.4 Å². The van der Waals surface area contributed by atoms with E-state index in [1.165, 1.54) is 0 Å². The second kappa shape index (κ2) is 5.89. The largest absolute Gasteiger partial charge is 0.381 e. The quantitative estimate of drug-likeness (QED) is 0.509. The first-order chi connectivity index (χ1) is 7.85. The van der Waals surface area contributed by atoms with Crippen LogP contribution in [0.25, 0.3) is 0 Å². The molecule has 0 aliphatic carbocycles. The number of nitrogens with zero attached hydrogens (tertiary/aromatic N) is 2. The lowest BCUT2D eigenvalue weighted by Crippen LogP contribution is -2.33. The van der Waals surface area contributed by atoms with E-state index < -0.39 is 0 Å². The van der Waals surface area contributed by atoms with Gasteiger partial charge in [0.25, 0.3) is 0 Å². The summed E-state index contributed by atoms with van der Waals surface area (Å²) in [5.74, 6) is 1.99. The fraction of sp³-hybridized carbons (Fsp3) is 0.636. The molecule has 1 aliphatic heterocycles. The molecule has 88 valence electrons. The summed E-state index contributed by atoms with van der Waals surface area (Å²) < 4.78 is 5.41. The van der Waals surface area contributed by atoms with Crippen LogP contribution in [0.15, 0.2) is 23.6 Å². The van der Waals surface area contributed by atoms with Gasteiger partial charge in [-0.2, -0.15) is 12.6 Å². The summed E-state index contributed by atoms with van der Waals surface area (Å²) in [5, 5.41) is 1.04. The van der Waals surface area contributed by atoms with E-state index in [2.05, 4.69) is 22.6 Å². The highest BCUT2D eigenvalue weighted by Gasteiger charge is 2.31. The summed E-state index contributed by atoms with van der Waals surface area (Å²) in [4.78, 5) is 8.14. The second-order valence-electron chi connectivity index (χ2n) is 4.11. The molecular weight excluding hydrogens is 240 g/mol. The number of thioether (sulfide) groups is 1. The van der Waals surface area contributed by atoms with Crippen molar-refractivity contribution >= 4 is 24.4 Å². The zero-order valence-corrected chi connectivity index (χ0v) is 10.8. The summed E-state index contributed by atoms with van der Waals surface area (Å²) in [6, 6.07) is 1.95. The molecule has 0 aromatic carbocycles. The average molecular weight is 256 g/mol. The Hall–Kier alpha value is -0.260. The first-order valence-electron chi connectivity index (χ1n) is 5.42. The van der Waals surface area contributed by atoms with Gasteiger partial charge in [-0.05, 0) is 30.1 Å². The molecule has 2 rings (SSSR count). The van der Waals surface area contributed by atoms with Crippen LogP contribution in [0.1, 0.15) is 12.8 Å². The summed E-state index contributed by atoms with van der Waals surface area (Å²) in [7, 11) is 0. The molecule has 0 amide bonds. The van der Waals surface area contributed by atoms with Gasteiger partial charge >= 0.3 is 0 Å². The third-order valence-corrected chi connectivity index (χ3v) is 4.93. The molecule has 0 atom stereocenters. The summed E-state index contributed by atoms with van der Waals surface area (Å²) in [6.07, 6.45) is 5.59. The molecule has 3 nitrogen and oxygen atoms in total. The maximum absolute atomic E-state index is 5.41. The predicted octanol–water partition coefficient (Wildman–Crippen LogP) is 2.30. The highest BCUT2D eigenvalue weighted by Crippen LogP contribution is 2.36. The van der Waals surface area contributed by atoms with Crippen LogP contribution in [0, 0.1) is 5.41 Å². The van der Waals surface area contributed by atoms with Crippen molar-refractivity contribution in [3.05, 3.63) is 18.6 Å². The van der Waals surface area contributed by atoms with Crippen molar-refractivity contribution in [3.63, 3.8) is 0 Å². The molecule has 16 heavy (non-hydrogen) atoms. The molecule has 0 radical (unpaired) electrons. The van der Waals surface area contributed by atoms with E-state index in [4.69, 9.17) is 4.74 Å². The maximum atomic E-state index is 5.41. The van der Waals surface area contributed by atoms with E-state index in [1.54, 1.807) is 24.3 Å². The third kappa shape index (κ3) is 3.12. The lowest BCUT2D eigenvalue weighted by atomic mass is 9.84. The zero-order valence-electron chi connectivity index (χ0n) is 9.13. The molecular formula is C11H16N2OS2. The minimum absolute atomic E-state index is 0.316. The Morgan fingerprint density at radius 1 is 1.44 bits per heavy atom. The Balaban J connectivity index is 1.92. The van der Waals surface area contributed by atoms with E-state index in [0.717, 1.165) is 42.6 Å². The van der Waals surface area contributed by atoms with Gasteiger partial charge in [-0.15, -0.1) is 11.8 Å². The fourth-order valence-electron chi connectivity index (χ4n) is 1.74. The molecule has 1 aliphatic rings. The van der Waals surface area contributed by atoms with Crippen molar-refractivity contribution in [2.75, 3.05) is 24.7 Å². The maximum Gasteiger partial charge on any atom is 0.116 e. The van der Waals surface area contributed by atoms with Gasteiger partial charge < -0.3 is 4.74 Å². The first kappa shape index (κ1) is 12.2. The number of hydrogen-bond acceptors (Lipinski definition) is 5. The van der Waals surface area contributed by atoms with Gasteiger partial charge in [0.05, 0.1) is 5.03 Å². The molecule has 1 fully saturated rings. The molecule has 2 heterocycles. The van der Waals surface area contributed by atoms with Crippen molar-refractivity contribution < 1.29 is 4.74 Å². The molecule has 0 bridgehead atoms. The number of hydrogen-bond donors (Lipinski definition) is 1. The van der Waals surface area contributed by atoms with Crippen molar-refractivity contribution in [3.8, 4) is 0 Å². The summed E-state index contributed by atoms with van der Waals surface area (Å²) >= 11 is 6.29. The predicted molar refractivity (Wildman–Crippen MR) is 69.1 cm³/mol. The summed E-state index contributed by atoms with van der Waals surface area (Å²) in [6.45, 7) is 1.73. The van der Waals surface area contributed by atoms with Crippen LogP contribution in [0.3, 0.4) is 0 Å². The number of ether oxygens (including phenoxy) is 1. The smallest absolute Gasteiger partial charge is 0.116 e. The lowest BCUT2D eigenvalue weighted by Gasteiger charge is -2.35. The van der Waals surface area contributed by atoms with Gasteiger partial charge in [-0.3, -0.25) is 0 Å². The Morgan fingerprint density at radius 2 is 2.25 bits per heavy atom. The van der Waals surface area contributed by atoms with E-state index in [1.807, 2.05) is 6.07 Å². The van der Waals surface area contributed by atoms with E-state index in [9.17, 15) is 0 Å². The van der Waals surface area contributed by atoms with Gasteiger partial charge in [0.1, 0.15) is 6.33 Å². The van der Waals surface area contributed by atoms with Crippen LogP contribution in [0.5, 0.6) is 0 Å². The van der Waals surface area contributed by atoms with Gasteiger partial charge in [0.15, 0.2) is 0 Å². The fourth-order valence-corrected chi connectivity index (χ4v) is 3.45. The highest BCUT2D eigenvalue weighted by molar-refractivity contribution is 7.99. The standard InChI is InChI=1S/C11H16N2OS2/c15-7-11(2-5-14-6-3-11)8-16-10-1-4-12-9-13-10/h1,4,9,15H,2-3,5-8H2. The second-order valence-corrected chi connectivity index (χ2v) is 5.42. The normalized spacial score (nSPS) is 19.6. The minimum Gasteiger partial charge on any atom is -0.381 e. The summed E-state index contributed by atoms with van der Waals surface area (Å²) in [5.41, 5.74) is 0.316. The van der Waals surface area contributed by atoms with Crippen molar-refractivity contribution in [2.24, 2.45) is 5.41 Å². The van der Waals surface area contributed by atoms with Gasteiger partial charge in [0.2, 0.25) is 0 Å². The van der Waals surface area contributed by atoms with Crippen LogP contribution in [0.4, 0.5) is 0 Å². The van der Waals surface area contributed by atoms with Crippen molar-refractivity contribution in [2.45, 2.75) is 17.9 Å². The molecule has 5 heteroatoms. The Kier molecular flexibility index (Phi) is 4.49. The van der Waals surface area contributed by atoms with Crippen LogP contribution in [0.2, 0.25) is 0 Å². The Morgan fingerprint density at radius 3 is 2.88 bits per heavy atom.